The molecule has 1 aromatic carbocycles. The number of aromatic amines is 1. The van der Waals surface area contributed by atoms with Crippen molar-refractivity contribution in [2.75, 3.05) is 7.11 Å². The van der Waals surface area contributed by atoms with E-state index in [2.05, 4.69) is 9.72 Å². The van der Waals surface area contributed by atoms with Gasteiger partial charge in [0.2, 0.25) is 0 Å². The number of fused-ring (bicyclic) bond motifs is 1. The first-order valence-electron chi connectivity index (χ1n) is 5.03. The summed E-state index contributed by atoms with van der Waals surface area (Å²) in [6.07, 6.45) is 2.02. The van der Waals surface area contributed by atoms with E-state index in [9.17, 15) is 4.79 Å². The second-order valence-electron chi connectivity index (χ2n) is 3.65. The number of carbonyl (C=O) groups is 1. The normalized spacial score (nSPS) is 10.5. The minimum Gasteiger partial charge on any atom is -0.465 e. The number of aromatic nitrogens is 1. The van der Waals surface area contributed by atoms with Crippen LogP contribution in [0.3, 0.4) is 0 Å². The van der Waals surface area contributed by atoms with Crippen LogP contribution in [0.25, 0.3) is 10.9 Å². The van der Waals surface area contributed by atoms with Gasteiger partial charge in [0.15, 0.2) is 0 Å². The lowest BCUT2D eigenvalue weighted by Crippen LogP contribution is -2.16. The highest BCUT2D eigenvalue weighted by Crippen LogP contribution is 2.22. The zero-order valence-electron chi connectivity index (χ0n) is 9.21. The van der Waals surface area contributed by atoms with Crippen molar-refractivity contribution in [1.82, 2.24) is 4.98 Å². The maximum absolute atomic E-state index is 11.2. The average molecular weight is 251 g/mol. The summed E-state index contributed by atoms with van der Waals surface area (Å²) >= 11 is 5.87. The Balaban J connectivity index is 2.31. The molecule has 5 heteroatoms. The Bertz CT molecular complexity index is 589. The summed E-state index contributed by atoms with van der Waals surface area (Å²) in [6, 6.07) is 5.46. The number of hydrogen-bond donors (Lipinski definition) is 2. The summed E-state index contributed by atoms with van der Waals surface area (Å²) < 4.78 is 4.50. The number of benzene rings is 1. The standard InChI is InChI=1S/C12H11ClN2O2/c1-17-12(16)10(14)4-7-6-15-11-5-8(13)2-3-9(7)11/h2-3,5-6,14-15H,4H2,1H3. The molecular weight excluding hydrogens is 240 g/mol. The third kappa shape index (κ3) is 2.31. The van der Waals surface area contributed by atoms with Gasteiger partial charge in [0.25, 0.3) is 0 Å². The monoisotopic (exact) mass is 250 g/mol. The van der Waals surface area contributed by atoms with Crippen molar-refractivity contribution in [2.24, 2.45) is 0 Å². The molecule has 0 saturated heterocycles. The molecule has 0 amide bonds. The Morgan fingerprint density at radius 1 is 1.53 bits per heavy atom. The first-order chi connectivity index (χ1) is 8.11. The van der Waals surface area contributed by atoms with Crippen LogP contribution in [0.1, 0.15) is 5.56 Å². The lowest BCUT2D eigenvalue weighted by Gasteiger charge is -2.00. The Morgan fingerprint density at radius 3 is 3.00 bits per heavy atom. The maximum atomic E-state index is 11.2. The fourth-order valence-corrected chi connectivity index (χ4v) is 1.86. The number of esters is 1. The molecular formula is C12H11ClN2O2. The molecule has 0 aliphatic carbocycles. The molecule has 0 aliphatic heterocycles. The first kappa shape index (κ1) is 11.7. The molecule has 4 nitrogen and oxygen atoms in total. The van der Waals surface area contributed by atoms with Crippen LogP contribution in [0, 0.1) is 5.41 Å². The van der Waals surface area contributed by atoms with E-state index in [0.29, 0.717) is 5.02 Å². The quantitative estimate of drug-likeness (QED) is 0.649. The Labute approximate surface area is 103 Å². The van der Waals surface area contributed by atoms with Crippen LogP contribution in [0.15, 0.2) is 24.4 Å². The molecule has 2 rings (SSSR count). The molecule has 0 fully saturated rings. The van der Waals surface area contributed by atoms with Crippen molar-refractivity contribution < 1.29 is 9.53 Å². The summed E-state index contributed by atoms with van der Waals surface area (Å²) in [5, 5.41) is 9.18. The first-order valence-corrected chi connectivity index (χ1v) is 5.41. The minimum absolute atomic E-state index is 0.0663. The SMILES string of the molecule is COC(=O)C(=N)Cc1c[nH]c2cc(Cl)ccc12. The number of nitrogens with one attached hydrogen (secondary N) is 2. The zero-order chi connectivity index (χ0) is 12.4. The van der Waals surface area contributed by atoms with Gasteiger partial charge < -0.3 is 9.72 Å². The molecule has 2 aromatic rings. The number of halogens is 1. The maximum Gasteiger partial charge on any atom is 0.352 e. The third-order valence-electron chi connectivity index (χ3n) is 2.53. The summed E-state index contributed by atoms with van der Waals surface area (Å²) in [6.45, 7) is 0. The van der Waals surface area contributed by atoms with E-state index in [1.165, 1.54) is 7.11 Å². The van der Waals surface area contributed by atoms with Gasteiger partial charge in [0.05, 0.1) is 7.11 Å². The fourth-order valence-electron chi connectivity index (χ4n) is 1.69. The molecule has 0 bridgehead atoms. The van der Waals surface area contributed by atoms with Gasteiger partial charge in [-0.2, -0.15) is 0 Å². The lowest BCUT2D eigenvalue weighted by atomic mass is 10.1. The molecule has 0 unspecified atom stereocenters. The van der Waals surface area contributed by atoms with Crippen molar-refractivity contribution in [3.05, 3.63) is 35.0 Å². The van der Waals surface area contributed by atoms with E-state index in [1.807, 2.05) is 12.1 Å². The second kappa shape index (κ2) is 4.59. The average Bonchev–Trinajstić information content (AvgIpc) is 2.70. The van der Waals surface area contributed by atoms with Crippen LogP contribution >= 0.6 is 11.6 Å². The molecule has 0 aliphatic rings. The van der Waals surface area contributed by atoms with Gasteiger partial charge in [-0.25, -0.2) is 4.79 Å². The molecule has 88 valence electrons. The Kier molecular flexibility index (Phi) is 3.15. The lowest BCUT2D eigenvalue weighted by molar-refractivity contribution is -0.132. The summed E-state index contributed by atoms with van der Waals surface area (Å²) in [5.41, 5.74) is 1.71. The van der Waals surface area contributed by atoms with Crippen molar-refractivity contribution >= 4 is 34.2 Å². The molecule has 2 N–H and O–H groups in total. The molecule has 1 aromatic heterocycles. The molecule has 0 radical (unpaired) electrons. The number of hydrogen-bond acceptors (Lipinski definition) is 3. The number of carbonyl (C=O) groups excluding carboxylic acids is 1. The number of rotatable bonds is 3. The fraction of sp³-hybridized carbons (Fsp3) is 0.167. The third-order valence-corrected chi connectivity index (χ3v) is 2.76. The summed E-state index contributed by atoms with van der Waals surface area (Å²) in [4.78, 5) is 14.2. The highest BCUT2D eigenvalue weighted by molar-refractivity contribution is 6.35. The van der Waals surface area contributed by atoms with E-state index < -0.39 is 5.97 Å². The highest BCUT2D eigenvalue weighted by atomic mass is 35.5. The van der Waals surface area contributed by atoms with E-state index in [0.717, 1.165) is 16.5 Å². The van der Waals surface area contributed by atoms with Crippen molar-refractivity contribution in [3.63, 3.8) is 0 Å². The minimum atomic E-state index is -0.603. The van der Waals surface area contributed by atoms with Gasteiger partial charge in [0, 0.05) is 28.5 Å². The van der Waals surface area contributed by atoms with Gasteiger partial charge in [-0.3, -0.25) is 5.41 Å². The van der Waals surface area contributed by atoms with Gasteiger partial charge in [0.1, 0.15) is 5.71 Å². The molecule has 0 spiro atoms. The van der Waals surface area contributed by atoms with E-state index in [-0.39, 0.29) is 12.1 Å². The van der Waals surface area contributed by atoms with Gasteiger partial charge in [-0.1, -0.05) is 17.7 Å². The number of methoxy groups -OCH3 is 1. The Hall–Kier alpha value is -1.81. The van der Waals surface area contributed by atoms with Crippen LogP contribution in [0.5, 0.6) is 0 Å². The predicted molar refractivity (Wildman–Crippen MR) is 66.8 cm³/mol. The van der Waals surface area contributed by atoms with Gasteiger partial charge in [-0.15, -0.1) is 0 Å². The van der Waals surface area contributed by atoms with Crippen LogP contribution in [0.2, 0.25) is 5.02 Å². The van der Waals surface area contributed by atoms with Gasteiger partial charge >= 0.3 is 5.97 Å². The van der Waals surface area contributed by atoms with Crippen molar-refractivity contribution in [2.45, 2.75) is 6.42 Å². The van der Waals surface area contributed by atoms with Crippen molar-refractivity contribution in [1.29, 1.82) is 5.41 Å². The van der Waals surface area contributed by atoms with E-state index in [4.69, 9.17) is 17.0 Å². The summed E-state index contributed by atoms with van der Waals surface area (Å²) in [7, 11) is 1.27. The van der Waals surface area contributed by atoms with E-state index in [1.54, 1.807) is 12.3 Å². The number of ether oxygens (including phenoxy) is 1. The molecule has 0 atom stereocenters. The topological polar surface area (TPSA) is 65.9 Å². The second-order valence-corrected chi connectivity index (χ2v) is 4.09. The predicted octanol–water partition coefficient (Wildman–Crippen LogP) is 2.56. The van der Waals surface area contributed by atoms with Gasteiger partial charge in [-0.05, 0) is 17.7 Å². The van der Waals surface area contributed by atoms with Crippen LogP contribution < -0.4 is 0 Å². The van der Waals surface area contributed by atoms with Crippen molar-refractivity contribution in [3.8, 4) is 0 Å². The zero-order valence-corrected chi connectivity index (χ0v) is 9.97. The number of H-pyrrole nitrogens is 1. The summed E-state index contributed by atoms with van der Waals surface area (Å²) in [5.74, 6) is -0.603. The smallest absolute Gasteiger partial charge is 0.352 e. The Morgan fingerprint density at radius 2 is 2.29 bits per heavy atom. The molecule has 1 heterocycles. The van der Waals surface area contributed by atoms with E-state index >= 15 is 0 Å². The van der Waals surface area contributed by atoms with Crippen LogP contribution in [-0.2, 0) is 16.0 Å². The molecule has 0 saturated carbocycles. The highest BCUT2D eigenvalue weighted by Gasteiger charge is 2.12. The molecule has 17 heavy (non-hydrogen) atoms. The van der Waals surface area contributed by atoms with Crippen LogP contribution in [-0.4, -0.2) is 23.8 Å². The largest absolute Gasteiger partial charge is 0.465 e. The van der Waals surface area contributed by atoms with Crippen LogP contribution in [0.4, 0.5) is 0 Å².